The quantitative estimate of drug-likeness (QED) is 0.571. The molecule has 0 saturated carbocycles. The predicted octanol–water partition coefficient (Wildman–Crippen LogP) is 1.94. The first-order valence-electron chi connectivity index (χ1n) is 5.68. The fourth-order valence-electron chi connectivity index (χ4n) is 1.67. The molecule has 0 amide bonds. The van der Waals surface area contributed by atoms with Crippen LogP contribution in [0.15, 0.2) is 28.9 Å². The predicted molar refractivity (Wildman–Crippen MR) is 66.8 cm³/mol. The number of halogens is 3. The molecule has 1 fully saturated rings. The van der Waals surface area contributed by atoms with Crippen molar-refractivity contribution in [3.63, 3.8) is 0 Å². The van der Waals surface area contributed by atoms with E-state index < -0.39 is 11.7 Å². The normalized spacial score (nSPS) is 19.6. The molecule has 0 bridgehead atoms. The maximum absolute atomic E-state index is 12.5. The summed E-state index contributed by atoms with van der Waals surface area (Å²) in [5.41, 5.74) is -0.385. The van der Waals surface area contributed by atoms with Crippen LogP contribution in [-0.2, 0) is 0 Å². The molecule has 3 nitrogen and oxygen atoms in total. The van der Waals surface area contributed by atoms with Gasteiger partial charge >= 0.3 is 6.18 Å². The molecule has 0 radical (unpaired) electrons. The van der Waals surface area contributed by atoms with Crippen molar-refractivity contribution in [1.82, 2.24) is 9.80 Å². The number of piperazine rings is 1. The van der Waals surface area contributed by atoms with E-state index in [0.29, 0.717) is 18.8 Å². The van der Waals surface area contributed by atoms with Crippen LogP contribution in [0.3, 0.4) is 0 Å². The number of hydrogen-bond donors (Lipinski definition) is 0. The average molecular weight is 261 g/mol. The van der Waals surface area contributed by atoms with Crippen LogP contribution in [0.1, 0.15) is 0 Å². The van der Waals surface area contributed by atoms with E-state index in [1.54, 1.807) is 7.05 Å². The fraction of sp³-hybridized carbons (Fsp3) is 0.583. The summed E-state index contributed by atoms with van der Waals surface area (Å²) >= 11 is 0. The van der Waals surface area contributed by atoms with E-state index in [2.05, 4.69) is 16.5 Å². The van der Waals surface area contributed by atoms with Crippen molar-refractivity contribution in [2.75, 3.05) is 40.3 Å². The summed E-state index contributed by atoms with van der Waals surface area (Å²) in [6, 6.07) is 0. The van der Waals surface area contributed by atoms with Gasteiger partial charge in [0.25, 0.3) is 0 Å². The molecule has 1 rings (SSSR count). The highest BCUT2D eigenvalue weighted by Gasteiger charge is 2.31. The summed E-state index contributed by atoms with van der Waals surface area (Å²) in [6.45, 7) is 6.10. The van der Waals surface area contributed by atoms with Crippen LogP contribution in [0.2, 0.25) is 0 Å². The van der Waals surface area contributed by atoms with Crippen molar-refractivity contribution in [1.29, 1.82) is 0 Å². The lowest BCUT2D eigenvalue weighted by atomic mass is 10.2. The third-order valence-corrected chi connectivity index (χ3v) is 2.82. The maximum Gasteiger partial charge on any atom is 0.415 e. The largest absolute Gasteiger partial charge is 0.415 e. The molecule has 18 heavy (non-hydrogen) atoms. The highest BCUT2D eigenvalue weighted by molar-refractivity contribution is 5.78. The van der Waals surface area contributed by atoms with Gasteiger partial charge in [0.1, 0.15) is 0 Å². The second kappa shape index (κ2) is 6.04. The number of nitrogens with zero attached hydrogens (tertiary/aromatic N) is 3. The number of hydrogen-bond acceptors (Lipinski definition) is 3. The molecule has 1 heterocycles. The molecular formula is C12H18F3N3. The lowest BCUT2D eigenvalue weighted by molar-refractivity contribution is -0.0879. The lowest BCUT2D eigenvalue weighted by Crippen LogP contribution is -2.44. The molecule has 0 atom stereocenters. The Labute approximate surface area is 105 Å². The maximum atomic E-state index is 12.5. The molecule has 1 aliphatic heterocycles. The highest BCUT2D eigenvalue weighted by atomic mass is 19.4. The molecule has 0 aromatic carbocycles. The van der Waals surface area contributed by atoms with Crippen LogP contribution in [0.5, 0.6) is 0 Å². The molecule has 0 aromatic heterocycles. The van der Waals surface area contributed by atoms with Gasteiger partial charge in [-0.05, 0) is 13.1 Å². The molecule has 0 unspecified atom stereocenters. The highest BCUT2D eigenvalue weighted by Crippen LogP contribution is 2.26. The van der Waals surface area contributed by atoms with E-state index in [1.165, 1.54) is 6.21 Å². The summed E-state index contributed by atoms with van der Waals surface area (Å²) in [5.74, 6) is 0. The van der Waals surface area contributed by atoms with Gasteiger partial charge in [0.15, 0.2) is 0 Å². The van der Waals surface area contributed by atoms with Crippen LogP contribution in [0.25, 0.3) is 0 Å². The van der Waals surface area contributed by atoms with Gasteiger partial charge < -0.3 is 9.80 Å². The lowest BCUT2D eigenvalue weighted by Gasteiger charge is -2.34. The van der Waals surface area contributed by atoms with Crippen molar-refractivity contribution in [2.45, 2.75) is 6.18 Å². The number of likely N-dealkylation sites (N-methyl/N-ethyl adjacent to an activating group) is 1. The van der Waals surface area contributed by atoms with Crippen LogP contribution in [0, 0.1) is 0 Å². The second-order valence-corrected chi connectivity index (χ2v) is 4.27. The Balaban J connectivity index is 2.83. The Morgan fingerprint density at radius 2 is 1.78 bits per heavy atom. The zero-order chi connectivity index (χ0) is 13.8. The summed E-state index contributed by atoms with van der Waals surface area (Å²) in [5, 5.41) is 0. The van der Waals surface area contributed by atoms with Crippen molar-refractivity contribution >= 4 is 6.21 Å². The molecule has 0 spiro atoms. The Morgan fingerprint density at radius 3 is 2.22 bits per heavy atom. The minimum absolute atomic E-state index is 0.466. The van der Waals surface area contributed by atoms with Crippen LogP contribution in [0.4, 0.5) is 13.2 Å². The van der Waals surface area contributed by atoms with Gasteiger partial charge in [-0.25, -0.2) is 0 Å². The molecule has 0 aliphatic carbocycles. The molecular weight excluding hydrogens is 243 g/mol. The van der Waals surface area contributed by atoms with Gasteiger partial charge in [-0.3, -0.25) is 4.99 Å². The first-order chi connectivity index (χ1) is 8.34. The topological polar surface area (TPSA) is 18.8 Å². The minimum Gasteiger partial charge on any atom is -0.368 e. The fourth-order valence-corrected chi connectivity index (χ4v) is 1.67. The summed E-state index contributed by atoms with van der Waals surface area (Å²) in [7, 11) is 3.53. The third kappa shape index (κ3) is 4.18. The van der Waals surface area contributed by atoms with Crippen molar-refractivity contribution in [2.24, 2.45) is 4.99 Å². The van der Waals surface area contributed by atoms with Crippen LogP contribution in [-0.4, -0.2) is 62.5 Å². The Bertz CT molecular complexity index is 350. The van der Waals surface area contributed by atoms with Gasteiger partial charge in [0, 0.05) is 39.4 Å². The van der Waals surface area contributed by atoms with E-state index in [1.807, 2.05) is 11.9 Å². The zero-order valence-electron chi connectivity index (χ0n) is 10.7. The van der Waals surface area contributed by atoms with E-state index in [0.717, 1.165) is 19.2 Å². The van der Waals surface area contributed by atoms with E-state index in [9.17, 15) is 13.2 Å². The van der Waals surface area contributed by atoms with Gasteiger partial charge in [0.2, 0.25) is 0 Å². The first-order valence-corrected chi connectivity index (χ1v) is 5.68. The summed E-state index contributed by atoms with van der Waals surface area (Å²) in [4.78, 5) is 7.84. The third-order valence-electron chi connectivity index (χ3n) is 2.82. The van der Waals surface area contributed by atoms with Gasteiger partial charge in [-0.2, -0.15) is 13.2 Å². The molecule has 1 saturated heterocycles. The van der Waals surface area contributed by atoms with Crippen molar-refractivity contribution < 1.29 is 13.2 Å². The van der Waals surface area contributed by atoms with E-state index >= 15 is 0 Å². The Morgan fingerprint density at radius 1 is 1.22 bits per heavy atom. The minimum atomic E-state index is -4.39. The van der Waals surface area contributed by atoms with E-state index in [-0.39, 0.29) is 0 Å². The monoisotopic (exact) mass is 261 g/mol. The number of rotatable bonds is 3. The molecule has 0 aromatic rings. The Kier molecular flexibility index (Phi) is 4.95. The second-order valence-electron chi connectivity index (χ2n) is 4.27. The number of aliphatic imine (C=N–C) groups is 1. The number of allylic oxidation sites excluding steroid dienone is 3. The standard InChI is InChI=1S/C12H18F3N3/c1-10(12(13,14)15)8-11(9-16-2)18-6-4-17(3)5-7-18/h8-9H,1,4-7H2,2-3H3/b11-8+,16-9-. The van der Waals surface area contributed by atoms with Crippen LogP contribution < -0.4 is 0 Å². The number of alkyl halides is 3. The SMILES string of the molecule is C=C(/C=C(\C=N/C)N1CCN(C)CC1)C(F)(F)F. The smallest absolute Gasteiger partial charge is 0.368 e. The summed E-state index contributed by atoms with van der Waals surface area (Å²) < 4.78 is 37.4. The van der Waals surface area contributed by atoms with Crippen molar-refractivity contribution in [3.05, 3.63) is 23.9 Å². The Hall–Kier alpha value is -1.30. The van der Waals surface area contributed by atoms with Gasteiger partial charge in [-0.1, -0.05) is 6.58 Å². The molecule has 6 heteroatoms. The summed E-state index contributed by atoms with van der Waals surface area (Å²) in [6.07, 6.45) is -1.89. The first kappa shape index (κ1) is 14.8. The van der Waals surface area contributed by atoms with E-state index in [4.69, 9.17) is 0 Å². The zero-order valence-corrected chi connectivity index (χ0v) is 10.7. The molecule has 0 N–H and O–H groups in total. The van der Waals surface area contributed by atoms with Crippen LogP contribution >= 0.6 is 0 Å². The van der Waals surface area contributed by atoms with Gasteiger partial charge in [0.05, 0.1) is 11.3 Å². The average Bonchev–Trinajstić information content (AvgIpc) is 2.28. The molecule has 102 valence electrons. The van der Waals surface area contributed by atoms with Crippen molar-refractivity contribution in [3.8, 4) is 0 Å². The van der Waals surface area contributed by atoms with Gasteiger partial charge in [-0.15, -0.1) is 0 Å². The molecule has 1 aliphatic rings.